The number of aliphatic imine (C=N–C) groups is 1. The van der Waals surface area contributed by atoms with Crippen molar-refractivity contribution < 1.29 is 4.42 Å². The van der Waals surface area contributed by atoms with Crippen molar-refractivity contribution in [2.75, 3.05) is 33.7 Å². The van der Waals surface area contributed by atoms with Crippen molar-refractivity contribution in [1.29, 1.82) is 0 Å². The third kappa shape index (κ3) is 5.74. The number of halogens is 1. The van der Waals surface area contributed by atoms with Crippen LogP contribution in [0.15, 0.2) is 58.1 Å². The van der Waals surface area contributed by atoms with Crippen LogP contribution in [0.3, 0.4) is 0 Å². The van der Waals surface area contributed by atoms with Gasteiger partial charge in [0.05, 0.1) is 18.8 Å². The molecule has 0 amide bonds. The second-order valence-electron chi connectivity index (χ2n) is 6.68. The Morgan fingerprint density at radius 2 is 1.88 bits per heavy atom. The number of nitrogens with zero attached hydrogens (tertiary/aromatic N) is 3. The summed E-state index contributed by atoms with van der Waals surface area (Å²) in [6, 6.07) is 14.6. The molecule has 0 aliphatic carbocycles. The molecule has 0 spiro atoms. The van der Waals surface area contributed by atoms with E-state index >= 15 is 0 Å². The van der Waals surface area contributed by atoms with Crippen LogP contribution in [-0.2, 0) is 6.54 Å². The number of guanidine groups is 1. The zero-order valence-electron chi connectivity index (χ0n) is 15.6. The van der Waals surface area contributed by atoms with Gasteiger partial charge in [0.2, 0.25) is 0 Å². The first-order valence-electron chi connectivity index (χ1n) is 9.01. The van der Waals surface area contributed by atoms with Crippen molar-refractivity contribution in [2.24, 2.45) is 4.99 Å². The molecular weight excluding hydrogens is 439 g/mol. The topological polar surface area (TPSA) is 44.0 Å². The highest BCUT2D eigenvalue weighted by molar-refractivity contribution is 14.0. The Labute approximate surface area is 173 Å². The second-order valence-corrected chi connectivity index (χ2v) is 6.68. The van der Waals surface area contributed by atoms with E-state index in [2.05, 4.69) is 28.4 Å². The fourth-order valence-electron chi connectivity index (χ4n) is 3.24. The molecule has 2 heterocycles. The highest BCUT2D eigenvalue weighted by atomic mass is 127. The van der Waals surface area contributed by atoms with E-state index in [-0.39, 0.29) is 30.0 Å². The summed E-state index contributed by atoms with van der Waals surface area (Å²) < 4.78 is 5.69. The molecule has 1 saturated heterocycles. The fourth-order valence-corrected chi connectivity index (χ4v) is 3.24. The quantitative estimate of drug-likeness (QED) is 0.399. The van der Waals surface area contributed by atoms with Gasteiger partial charge in [-0.1, -0.05) is 30.3 Å². The molecule has 5 nitrogen and oxygen atoms in total. The Hall–Kier alpha value is -1.54. The van der Waals surface area contributed by atoms with Gasteiger partial charge >= 0.3 is 0 Å². The predicted octanol–water partition coefficient (Wildman–Crippen LogP) is 3.74. The maximum Gasteiger partial charge on any atom is 0.193 e. The van der Waals surface area contributed by atoms with Crippen molar-refractivity contribution in [3.63, 3.8) is 0 Å². The lowest BCUT2D eigenvalue weighted by atomic mass is 10.2. The molecule has 26 heavy (non-hydrogen) atoms. The standard InChI is InChI=1S/C20H28N4O.HI/c1-23(2)20(21-15-17-9-4-3-5-10-17)22-16-18(19-11-8-14-25-19)24-12-6-7-13-24;/h3-5,8-11,14,18H,6-7,12-13,15-16H2,1-2H3,(H,21,22);1H. The SMILES string of the molecule is CN(C)C(=NCc1ccccc1)NCC(c1ccco1)N1CCCC1.I. The van der Waals surface area contributed by atoms with Gasteiger partial charge in [-0.2, -0.15) is 0 Å². The van der Waals surface area contributed by atoms with E-state index in [4.69, 9.17) is 9.41 Å². The van der Waals surface area contributed by atoms with Crippen molar-refractivity contribution in [3.8, 4) is 0 Å². The third-order valence-corrected chi connectivity index (χ3v) is 4.58. The van der Waals surface area contributed by atoms with E-state index in [1.54, 1.807) is 6.26 Å². The normalized spacial score (nSPS) is 16.2. The maximum atomic E-state index is 5.69. The molecule has 1 aromatic heterocycles. The summed E-state index contributed by atoms with van der Waals surface area (Å²) in [6.45, 7) is 3.73. The molecule has 1 fully saturated rings. The van der Waals surface area contributed by atoms with E-state index in [0.717, 1.165) is 31.4 Å². The van der Waals surface area contributed by atoms with Gasteiger partial charge in [-0.3, -0.25) is 4.90 Å². The van der Waals surface area contributed by atoms with Crippen molar-refractivity contribution in [3.05, 3.63) is 60.1 Å². The molecule has 1 unspecified atom stereocenters. The second kappa shape index (κ2) is 10.6. The molecule has 1 N–H and O–H groups in total. The third-order valence-electron chi connectivity index (χ3n) is 4.58. The number of benzene rings is 1. The van der Waals surface area contributed by atoms with E-state index in [1.807, 2.05) is 43.3 Å². The number of nitrogens with one attached hydrogen (secondary N) is 1. The molecule has 1 aliphatic heterocycles. The lowest BCUT2D eigenvalue weighted by Gasteiger charge is -2.28. The van der Waals surface area contributed by atoms with Crippen LogP contribution < -0.4 is 5.32 Å². The summed E-state index contributed by atoms with van der Waals surface area (Å²) in [5.41, 5.74) is 1.21. The molecule has 6 heteroatoms. The van der Waals surface area contributed by atoms with E-state index in [0.29, 0.717) is 6.54 Å². The van der Waals surface area contributed by atoms with Crippen molar-refractivity contribution in [1.82, 2.24) is 15.1 Å². The van der Waals surface area contributed by atoms with Gasteiger partial charge in [-0.15, -0.1) is 24.0 Å². The number of rotatable bonds is 6. The zero-order valence-corrected chi connectivity index (χ0v) is 17.9. The Balaban J connectivity index is 0.00000243. The molecule has 1 atom stereocenters. The molecule has 1 aliphatic rings. The average Bonchev–Trinajstić information content (AvgIpc) is 3.32. The molecule has 0 saturated carbocycles. The van der Waals surface area contributed by atoms with Gasteiger partial charge in [0.25, 0.3) is 0 Å². The average molecular weight is 468 g/mol. The first-order valence-corrected chi connectivity index (χ1v) is 9.01. The van der Waals surface area contributed by atoms with Crippen LogP contribution >= 0.6 is 24.0 Å². The maximum absolute atomic E-state index is 5.69. The van der Waals surface area contributed by atoms with Gasteiger partial charge in [0.15, 0.2) is 5.96 Å². The number of hydrogen-bond donors (Lipinski definition) is 1. The minimum Gasteiger partial charge on any atom is -0.468 e. The Kier molecular flexibility index (Phi) is 8.44. The fraction of sp³-hybridized carbons (Fsp3) is 0.450. The zero-order chi connectivity index (χ0) is 17.5. The predicted molar refractivity (Wildman–Crippen MR) is 117 cm³/mol. The first kappa shape index (κ1) is 20.8. The summed E-state index contributed by atoms with van der Waals surface area (Å²) in [5, 5.41) is 3.53. The highest BCUT2D eigenvalue weighted by Gasteiger charge is 2.25. The Bertz CT molecular complexity index is 652. The largest absolute Gasteiger partial charge is 0.468 e. The van der Waals surface area contributed by atoms with Gasteiger partial charge in [0, 0.05) is 20.6 Å². The molecule has 3 rings (SSSR count). The van der Waals surface area contributed by atoms with Gasteiger partial charge in [-0.25, -0.2) is 4.99 Å². The molecular formula is C20H29IN4O. The highest BCUT2D eigenvalue weighted by Crippen LogP contribution is 2.24. The monoisotopic (exact) mass is 468 g/mol. The van der Waals surface area contributed by atoms with Crippen LogP contribution in [0.4, 0.5) is 0 Å². The molecule has 0 radical (unpaired) electrons. The van der Waals surface area contributed by atoms with Gasteiger partial charge in [-0.05, 0) is 43.6 Å². The summed E-state index contributed by atoms with van der Waals surface area (Å²) >= 11 is 0. The Morgan fingerprint density at radius 3 is 2.50 bits per heavy atom. The van der Waals surface area contributed by atoms with Crippen LogP contribution in [0.25, 0.3) is 0 Å². The van der Waals surface area contributed by atoms with E-state index in [1.165, 1.54) is 18.4 Å². The molecule has 1 aromatic carbocycles. The number of hydrogen-bond acceptors (Lipinski definition) is 3. The van der Waals surface area contributed by atoms with Gasteiger partial charge < -0.3 is 14.6 Å². The van der Waals surface area contributed by atoms with E-state index in [9.17, 15) is 0 Å². The van der Waals surface area contributed by atoms with E-state index < -0.39 is 0 Å². The molecule has 142 valence electrons. The van der Waals surface area contributed by atoms with Gasteiger partial charge in [0.1, 0.15) is 5.76 Å². The lowest BCUT2D eigenvalue weighted by molar-refractivity contribution is 0.214. The minimum atomic E-state index is 0. The van der Waals surface area contributed by atoms with Crippen LogP contribution in [0.2, 0.25) is 0 Å². The first-order chi connectivity index (χ1) is 12.2. The van der Waals surface area contributed by atoms with Crippen molar-refractivity contribution in [2.45, 2.75) is 25.4 Å². The summed E-state index contributed by atoms with van der Waals surface area (Å²) in [5.74, 6) is 1.93. The minimum absolute atomic E-state index is 0. The smallest absolute Gasteiger partial charge is 0.193 e. The van der Waals surface area contributed by atoms with Crippen LogP contribution in [-0.4, -0.2) is 49.5 Å². The lowest BCUT2D eigenvalue weighted by Crippen LogP contribution is -2.42. The summed E-state index contributed by atoms with van der Waals surface area (Å²) in [7, 11) is 4.04. The molecule has 2 aromatic rings. The number of likely N-dealkylation sites (tertiary alicyclic amines) is 1. The number of furan rings is 1. The van der Waals surface area contributed by atoms with Crippen LogP contribution in [0.1, 0.15) is 30.2 Å². The summed E-state index contributed by atoms with van der Waals surface area (Å²) in [6.07, 6.45) is 4.29. The van der Waals surface area contributed by atoms with Crippen LogP contribution in [0, 0.1) is 0 Å². The van der Waals surface area contributed by atoms with Crippen LogP contribution in [0.5, 0.6) is 0 Å². The molecule has 0 bridgehead atoms. The summed E-state index contributed by atoms with van der Waals surface area (Å²) in [4.78, 5) is 9.29. The Morgan fingerprint density at radius 1 is 1.15 bits per heavy atom. The van der Waals surface area contributed by atoms with Crippen molar-refractivity contribution >= 4 is 29.9 Å².